The van der Waals surface area contributed by atoms with Crippen molar-refractivity contribution in [2.45, 2.75) is 13.3 Å². The molecule has 7 heteroatoms. The van der Waals surface area contributed by atoms with Crippen molar-refractivity contribution in [1.82, 2.24) is 14.7 Å². The molecule has 3 aromatic rings. The van der Waals surface area contributed by atoms with Crippen LogP contribution in [0.25, 0.3) is 5.65 Å². The fourth-order valence-electron chi connectivity index (χ4n) is 2.42. The molecule has 1 N–H and O–H groups in total. The molecule has 0 saturated carbocycles. The van der Waals surface area contributed by atoms with Crippen LogP contribution in [-0.2, 0) is 6.42 Å². The summed E-state index contributed by atoms with van der Waals surface area (Å²) in [6.45, 7) is 2.41. The molecule has 2 heterocycles. The van der Waals surface area contributed by atoms with Gasteiger partial charge in [0.1, 0.15) is 5.65 Å². The third-order valence-electron chi connectivity index (χ3n) is 3.65. The number of nitrogens with zero attached hydrogens (tertiary/aromatic N) is 3. The Bertz CT molecular complexity index is 917. The minimum atomic E-state index is -0.518. The van der Waals surface area contributed by atoms with Crippen molar-refractivity contribution < 1.29 is 9.72 Å². The molecule has 7 nitrogen and oxygen atoms in total. The summed E-state index contributed by atoms with van der Waals surface area (Å²) in [7, 11) is 0. The van der Waals surface area contributed by atoms with Gasteiger partial charge < -0.3 is 9.72 Å². The Morgan fingerprint density at radius 1 is 1.33 bits per heavy atom. The maximum Gasteiger partial charge on any atom is 0.270 e. The number of hydrogen-bond acceptors (Lipinski definition) is 4. The number of rotatable bonds is 5. The highest BCUT2D eigenvalue weighted by atomic mass is 16.6. The third kappa shape index (κ3) is 3.40. The maximum absolute atomic E-state index is 12.1. The molecule has 0 aliphatic heterocycles. The first-order valence-electron chi connectivity index (χ1n) is 7.50. The Morgan fingerprint density at radius 2 is 2.17 bits per heavy atom. The van der Waals surface area contributed by atoms with Gasteiger partial charge in [-0.15, -0.1) is 0 Å². The van der Waals surface area contributed by atoms with Crippen molar-refractivity contribution in [3.05, 3.63) is 75.7 Å². The van der Waals surface area contributed by atoms with Gasteiger partial charge in [-0.3, -0.25) is 14.9 Å². The molecule has 2 aromatic heterocycles. The summed E-state index contributed by atoms with van der Waals surface area (Å²) in [4.78, 5) is 26.8. The Hall–Kier alpha value is -3.22. The molecule has 0 bridgehead atoms. The molecule has 0 radical (unpaired) electrons. The van der Waals surface area contributed by atoms with Crippen LogP contribution in [0, 0.1) is 17.0 Å². The van der Waals surface area contributed by atoms with E-state index in [2.05, 4.69) is 10.3 Å². The van der Waals surface area contributed by atoms with Gasteiger partial charge in [-0.1, -0.05) is 6.07 Å². The van der Waals surface area contributed by atoms with Gasteiger partial charge in [0, 0.05) is 43.1 Å². The monoisotopic (exact) mass is 324 g/mol. The summed E-state index contributed by atoms with van der Waals surface area (Å²) in [6.07, 6.45) is 4.46. The Morgan fingerprint density at radius 3 is 2.96 bits per heavy atom. The van der Waals surface area contributed by atoms with Crippen LogP contribution in [0.2, 0.25) is 0 Å². The van der Waals surface area contributed by atoms with E-state index in [1.807, 2.05) is 35.9 Å². The number of fused-ring (bicyclic) bond motifs is 1. The van der Waals surface area contributed by atoms with E-state index in [0.29, 0.717) is 13.0 Å². The number of carbonyl (C=O) groups is 1. The molecule has 0 fully saturated rings. The first kappa shape index (κ1) is 15.7. The first-order valence-corrected chi connectivity index (χ1v) is 7.50. The van der Waals surface area contributed by atoms with Gasteiger partial charge >= 0.3 is 0 Å². The second-order valence-corrected chi connectivity index (χ2v) is 5.52. The molecule has 0 spiro atoms. The highest BCUT2D eigenvalue weighted by Gasteiger charge is 2.11. The molecule has 24 heavy (non-hydrogen) atoms. The molecule has 0 aliphatic carbocycles. The largest absolute Gasteiger partial charge is 0.352 e. The van der Waals surface area contributed by atoms with Crippen molar-refractivity contribution in [2.24, 2.45) is 0 Å². The summed E-state index contributed by atoms with van der Waals surface area (Å²) in [6, 6.07) is 9.67. The van der Waals surface area contributed by atoms with Gasteiger partial charge in [0.15, 0.2) is 0 Å². The van der Waals surface area contributed by atoms with E-state index in [0.717, 1.165) is 16.9 Å². The SMILES string of the molecule is Cc1ccn2cc(CCNC(=O)c3cccc([N+](=O)[O-])c3)nc2c1. The second-order valence-electron chi connectivity index (χ2n) is 5.52. The molecule has 1 amide bonds. The number of pyridine rings is 1. The molecule has 0 saturated heterocycles. The zero-order valence-corrected chi connectivity index (χ0v) is 13.1. The predicted molar refractivity (Wildman–Crippen MR) is 89.1 cm³/mol. The Labute approximate surface area is 138 Å². The molecule has 0 unspecified atom stereocenters. The summed E-state index contributed by atoms with van der Waals surface area (Å²) in [5.41, 5.74) is 3.06. The topological polar surface area (TPSA) is 89.5 Å². The average Bonchev–Trinajstić information content (AvgIpc) is 2.96. The van der Waals surface area contributed by atoms with Crippen LogP contribution in [0.4, 0.5) is 5.69 Å². The van der Waals surface area contributed by atoms with Crippen LogP contribution in [0.5, 0.6) is 0 Å². The third-order valence-corrected chi connectivity index (χ3v) is 3.65. The normalized spacial score (nSPS) is 10.7. The summed E-state index contributed by atoms with van der Waals surface area (Å²) < 4.78 is 1.94. The van der Waals surface area contributed by atoms with Crippen LogP contribution in [0.15, 0.2) is 48.8 Å². The smallest absolute Gasteiger partial charge is 0.270 e. The molecule has 3 rings (SSSR count). The van der Waals surface area contributed by atoms with Crippen LogP contribution in [-0.4, -0.2) is 26.8 Å². The standard InChI is InChI=1S/C17H16N4O3/c1-12-6-8-20-11-14(19-16(20)9-12)5-7-18-17(22)13-3-2-4-15(10-13)21(23)24/h2-4,6,8-11H,5,7H2,1H3,(H,18,22). The van der Waals surface area contributed by atoms with Gasteiger partial charge in [0.2, 0.25) is 0 Å². The molecule has 122 valence electrons. The highest BCUT2D eigenvalue weighted by molar-refractivity contribution is 5.94. The van der Waals surface area contributed by atoms with E-state index >= 15 is 0 Å². The number of amides is 1. The summed E-state index contributed by atoms with van der Waals surface area (Å²) >= 11 is 0. The quantitative estimate of drug-likeness (QED) is 0.577. The lowest BCUT2D eigenvalue weighted by atomic mass is 10.2. The number of nitro groups is 1. The van der Waals surface area contributed by atoms with E-state index in [1.54, 1.807) is 6.07 Å². The molecule has 1 aromatic carbocycles. The minimum absolute atomic E-state index is 0.0987. The number of benzene rings is 1. The number of nitrogens with one attached hydrogen (secondary N) is 1. The molecular weight excluding hydrogens is 308 g/mol. The Kier molecular flexibility index (Phi) is 4.24. The first-order chi connectivity index (χ1) is 11.5. The molecule has 0 atom stereocenters. The van der Waals surface area contributed by atoms with Gasteiger partial charge in [-0.25, -0.2) is 4.98 Å². The van der Waals surface area contributed by atoms with E-state index < -0.39 is 4.92 Å². The van der Waals surface area contributed by atoms with E-state index in [9.17, 15) is 14.9 Å². The van der Waals surface area contributed by atoms with E-state index in [-0.39, 0.29) is 17.2 Å². The van der Waals surface area contributed by atoms with Crippen molar-refractivity contribution in [1.29, 1.82) is 0 Å². The van der Waals surface area contributed by atoms with Crippen LogP contribution in [0.1, 0.15) is 21.6 Å². The average molecular weight is 324 g/mol. The van der Waals surface area contributed by atoms with Crippen molar-refractivity contribution in [3.8, 4) is 0 Å². The zero-order chi connectivity index (χ0) is 17.1. The van der Waals surface area contributed by atoms with Crippen molar-refractivity contribution >= 4 is 17.2 Å². The molecule has 0 aliphatic rings. The van der Waals surface area contributed by atoms with Gasteiger partial charge in [0.05, 0.1) is 10.6 Å². The number of non-ortho nitro benzene ring substituents is 1. The van der Waals surface area contributed by atoms with E-state index in [1.165, 1.54) is 18.2 Å². The van der Waals surface area contributed by atoms with Gasteiger partial charge in [-0.05, 0) is 30.7 Å². The minimum Gasteiger partial charge on any atom is -0.352 e. The zero-order valence-electron chi connectivity index (χ0n) is 13.1. The predicted octanol–water partition coefficient (Wildman–Crippen LogP) is 2.52. The fraction of sp³-hybridized carbons (Fsp3) is 0.176. The number of aromatic nitrogens is 2. The maximum atomic E-state index is 12.1. The number of aryl methyl sites for hydroxylation is 1. The van der Waals surface area contributed by atoms with Crippen molar-refractivity contribution in [2.75, 3.05) is 6.54 Å². The van der Waals surface area contributed by atoms with Gasteiger partial charge in [0.25, 0.3) is 11.6 Å². The lowest BCUT2D eigenvalue weighted by Crippen LogP contribution is -2.25. The number of imidazole rings is 1. The van der Waals surface area contributed by atoms with Crippen LogP contribution >= 0.6 is 0 Å². The lowest BCUT2D eigenvalue weighted by Gasteiger charge is -2.03. The lowest BCUT2D eigenvalue weighted by molar-refractivity contribution is -0.384. The van der Waals surface area contributed by atoms with Crippen LogP contribution in [0.3, 0.4) is 0 Å². The number of carbonyl (C=O) groups excluding carboxylic acids is 1. The fourth-order valence-corrected chi connectivity index (χ4v) is 2.42. The van der Waals surface area contributed by atoms with Gasteiger partial charge in [-0.2, -0.15) is 0 Å². The van der Waals surface area contributed by atoms with E-state index in [4.69, 9.17) is 0 Å². The van der Waals surface area contributed by atoms with Crippen LogP contribution < -0.4 is 5.32 Å². The summed E-state index contributed by atoms with van der Waals surface area (Å²) in [5, 5.41) is 13.5. The Balaban J connectivity index is 1.61. The highest BCUT2D eigenvalue weighted by Crippen LogP contribution is 2.13. The van der Waals surface area contributed by atoms with Crippen molar-refractivity contribution in [3.63, 3.8) is 0 Å². The second kappa shape index (κ2) is 6.49. The summed E-state index contributed by atoms with van der Waals surface area (Å²) in [5.74, 6) is -0.335. The molecular formula is C17H16N4O3. The number of nitro benzene ring substituents is 1. The number of hydrogen-bond donors (Lipinski definition) is 1.